The minimum atomic E-state index is -0.339. The molecule has 2 N–H and O–H groups in total. The third-order valence-corrected chi connectivity index (χ3v) is 5.81. The van der Waals surface area contributed by atoms with Gasteiger partial charge in [0.1, 0.15) is 17.1 Å². The molecule has 3 heterocycles. The topological polar surface area (TPSA) is 82.1 Å². The zero-order chi connectivity index (χ0) is 20.7. The Hall–Kier alpha value is -3.45. The number of nitrogens with one attached hydrogen (secondary N) is 1. The number of halogens is 1. The third-order valence-electron chi connectivity index (χ3n) is 5.28. The van der Waals surface area contributed by atoms with Crippen molar-refractivity contribution in [1.82, 2.24) is 20.1 Å². The van der Waals surface area contributed by atoms with E-state index in [0.717, 1.165) is 21.2 Å². The summed E-state index contributed by atoms with van der Waals surface area (Å²) in [6, 6.07) is 18.4. The van der Waals surface area contributed by atoms with Gasteiger partial charge in [-0.25, -0.2) is 0 Å². The summed E-state index contributed by atoms with van der Waals surface area (Å²) in [5, 5.41) is 17.7. The maximum Gasteiger partial charge on any atom is 0.273 e. The Morgan fingerprint density at radius 3 is 2.60 bits per heavy atom. The van der Waals surface area contributed by atoms with Gasteiger partial charge in [0.05, 0.1) is 6.04 Å². The van der Waals surface area contributed by atoms with E-state index in [2.05, 4.69) is 31.1 Å². The van der Waals surface area contributed by atoms with Gasteiger partial charge >= 0.3 is 0 Å². The van der Waals surface area contributed by atoms with Crippen LogP contribution < -0.4 is 0 Å². The summed E-state index contributed by atoms with van der Waals surface area (Å²) < 4.78 is 0.961. The van der Waals surface area contributed by atoms with Crippen LogP contribution in [-0.2, 0) is 6.54 Å². The molecule has 0 bridgehead atoms. The van der Waals surface area contributed by atoms with Crippen LogP contribution in [0.4, 0.5) is 0 Å². The summed E-state index contributed by atoms with van der Waals surface area (Å²) in [7, 11) is 0. The largest absolute Gasteiger partial charge is 0.507 e. The molecule has 1 unspecified atom stereocenters. The highest BCUT2D eigenvalue weighted by molar-refractivity contribution is 9.10. The fraction of sp³-hybridized carbons (Fsp3) is 0.0870. The van der Waals surface area contributed by atoms with E-state index in [1.165, 1.54) is 0 Å². The lowest BCUT2D eigenvalue weighted by Crippen LogP contribution is -2.29. The number of para-hydroxylation sites is 1. The lowest BCUT2D eigenvalue weighted by molar-refractivity contribution is 0.0730. The van der Waals surface area contributed by atoms with Crippen molar-refractivity contribution in [1.29, 1.82) is 0 Å². The monoisotopic (exact) mass is 460 g/mol. The summed E-state index contributed by atoms with van der Waals surface area (Å²) in [5.41, 5.74) is 4.30. The van der Waals surface area contributed by atoms with Crippen LogP contribution in [0, 0.1) is 0 Å². The predicted octanol–water partition coefficient (Wildman–Crippen LogP) is 4.69. The molecule has 7 heteroatoms. The Bertz CT molecular complexity index is 1220. The highest BCUT2D eigenvalue weighted by Crippen LogP contribution is 2.45. The van der Waals surface area contributed by atoms with E-state index in [-0.39, 0.29) is 17.7 Å². The van der Waals surface area contributed by atoms with E-state index in [1.54, 1.807) is 30.6 Å². The highest BCUT2D eigenvalue weighted by Gasteiger charge is 2.42. The van der Waals surface area contributed by atoms with Crippen LogP contribution in [0.1, 0.15) is 33.2 Å². The Morgan fingerprint density at radius 1 is 1.07 bits per heavy atom. The number of hydrogen-bond donors (Lipinski definition) is 2. The standard InChI is InChI=1S/C23H17BrN4O2/c24-16-9-7-15(8-10-16)22-19-20(17-5-1-2-6-18(17)29)26-27-21(19)23(30)28(22)13-14-4-3-11-25-12-14/h1-12,22,29H,13H2,(H,26,27). The van der Waals surface area contributed by atoms with Crippen molar-refractivity contribution in [3.63, 3.8) is 0 Å². The zero-order valence-corrected chi connectivity index (χ0v) is 17.4. The van der Waals surface area contributed by atoms with Crippen molar-refractivity contribution in [2.24, 2.45) is 0 Å². The first-order valence-electron chi connectivity index (χ1n) is 9.45. The lowest BCUT2D eigenvalue weighted by atomic mass is 9.95. The van der Waals surface area contributed by atoms with Gasteiger partial charge in [-0.05, 0) is 41.5 Å². The van der Waals surface area contributed by atoms with Gasteiger partial charge in [0, 0.05) is 34.5 Å². The van der Waals surface area contributed by atoms with Crippen LogP contribution in [0.25, 0.3) is 11.3 Å². The number of fused-ring (bicyclic) bond motifs is 1. The molecule has 0 aliphatic carbocycles. The molecule has 0 fully saturated rings. The Balaban J connectivity index is 1.67. The summed E-state index contributed by atoms with van der Waals surface area (Å²) >= 11 is 3.48. The minimum absolute atomic E-state index is 0.125. The number of hydrogen-bond acceptors (Lipinski definition) is 4. The zero-order valence-electron chi connectivity index (χ0n) is 15.8. The number of aromatic hydroxyl groups is 1. The van der Waals surface area contributed by atoms with Gasteiger partial charge in [-0.3, -0.25) is 14.9 Å². The molecule has 0 saturated heterocycles. The molecular weight excluding hydrogens is 444 g/mol. The smallest absolute Gasteiger partial charge is 0.273 e. The lowest BCUT2D eigenvalue weighted by Gasteiger charge is -2.26. The second-order valence-electron chi connectivity index (χ2n) is 7.13. The van der Waals surface area contributed by atoms with Crippen molar-refractivity contribution in [2.75, 3.05) is 0 Å². The average molecular weight is 461 g/mol. The number of phenolic OH excluding ortho intramolecular Hbond substituents is 1. The number of H-pyrrole nitrogens is 1. The molecule has 1 amide bonds. The van der Waals surface area contributed by atoms with Gasteiger partial charge in [0.25, 0.3) is 5.91 Å². The number of aromatic nitrogens is 3. The van der Waals surface area contributed by atoms with Crippen LogP contribution in [0.15, 0.2) is 77.5 Å². The molecule has 6 nitrogen and oxygen atoms in total. The van der Waals surface area contributed by atoms with Crippen molar-refractivity contribution in [3.05, 3.63) is 99.9 Å². The van der Waals surface area contributed by atoms with Crippen LogP contribution in [0.2, 0.25) is 0 Å². The van der Waals surface area contributed by atoms with Gasteiger partial charge in [-0.1, -0.05) is 46.3 Å². The number of carbonyl (C=O) groups excluding carboxylic acids is 1. The molecule has 0 saturated carbocycles. The molecule has 4 aromatic rings. The Kier molecular flexibility index (Phi) is 4.59. The van der Waals surface area contributed by atoms with Crippen LogP contribution in [0.3, 0.4) is 0 Å². The first-order valence-corrected chi connectivity index (χ1v) is 10.2. The second kappa shape index (κ2) is 7.42. The molecule has 0 spiro atoms. The number of pyridine rings is 1. The second-order valence-corrected chi connectivity index (χ2v) is 8.04. The predicted molar refractivity (Wildman–Crippen MR) is 116 cm³/mol. The van der Waals surface area contributed by atoms with E-state index in [9.17, 15) is 9.90 Å². The molecule has 30 heavy (non-hydrogen) atoms. The molecule has 148 valence electrons. The average Bonchev–Trinajstić information content (AvgIpc) is 3.30. The van der Waals surface area contributed by atoms with Crippen molar-refractivity contribution in [3.8, 4) is 17.0 Å². The number of nitrogens with zero attached hydrogens (tertiary/aromatic N) is 3. The molecule has 1 aliphatic rings. The normalized spacial score (nSPS) is 15.4. The number of phenols is 1. The third kappa shape index (κ3) is 3.07. The van der Waals surface area contributed by atoms with Crippen LogP contribution >= 0.6 is 15.9 Å². The minimum Gasteiger partial charge on any atom is -0.507 e. The first kappa shape index (κ1) is 18.6. The van der Waals surface area contributed by atoms with Crippen molar-refractivity contribution in [2.45, 2.75) is 12.6 Å². The van der Waals surface area contributed by atoms with Gasteiger partial charge in [-0.15, -0.1) is 0 Å². The molecule has 1 aliphatic heterocycles. The summed E-state index contributed by atoms with van der Waals surface area (Å²) in [6.45, 7) is 0.413. The molecule has 1 atom stereocenters. The van der Waals surface area contributed by atoms with E-state index < -0.39 is 0 Å². The maximum absolute atomic E-state index is 13.3. The molecule has 2 aromatic heterocycles. The SMILES string of the molecule is O=C1c2[nH]nc(-c3ccccc3O)c2C(c2ccc(Br)cc2)N1Cc1cccnc1. The van der Waals surface area contributed by atoms with E-state index >= 15 is 0 Å². The fourth-order valence-corrected chi connectivity index (χ4v) is 4.18. The van der Waals surface area contributed by atoms with E-state index in [4.69, 9.17) is 0 Å². The highest BCUT2D eigenvalue weighted by atomic mass is 79.9. The Morgan fingerprint density at radius 2 is 1.87 bits per heavy atom. The number of carbonyl (C=O) groups is 1. The summed E-state index contributed by atoms with van der Waals surface area (Å²) in [4.78, 5) is 19.3. The van der Waals surface area contributed by atoms with Crippen molar-refractivity contribution >= 4 is 21.8 Å². The number of benzene rings is 2. The van der Waals surface area contributed by atoms with Crippen molar-refractivity contribution < 1.29 is 9.90 Å². The van der Waals surface area contributed by atoms with E-state index in [1.807, 2.05) is 47.4 Å². The Labute approximate surface area is 181 Å². The maximum atomic E-state index is 13.3. The number of amides is 1. The fourth-order valence-electron chi connectivity index (χ4n) is 3.92. The molecule has 5 rings (SSSR count). The van der Waals surface area contributed by atoms with E-state index in [0.29, 0.717) is 23.5 Å². The quantitative estimate of drug-likeness (QED) is 0.462. The molecular formula is C23H17BrN4O2. The molecule has 2 aromatic carbocycles. The van der Waals surface area contributed by atoms with Crippen LogP contribution in [-0.4, -0.2) is 31.1 Å². The van der Waals surface area contributed by atoms with Gasteiger partial charge < -0.3 is 10.0 Å². The number of aromatic amines is 1. The van der Waals surface area contributed by atoms with Gasteiger partial charge in [-0.2, -0.15) is 5.10 Å². The first-order chi connectivity index (χ1) is 14.6. The van der Waals surface area contributed by atoms with Crippen LogP contribution in [0.5, 0.6) is 5.75 Å². The molecule has 0 radical (unpaired) electrons. The summed E-state index contributed by atoms with van der Waals surface area (Å²) in [6.07, 6.45) is 3.48. The van der Waals surface area contributed by atoms with Gasteiger partial charge in [0.15, 0.2) is 0 Å². The van der Waals surface area contributed by atoms with Gasteiger partial charge in [0.2, 0.25) is 0 Å². The number of rotatable bonds is 4. The summed E-state index contributed by atoms with van der Waals surface area (Å²) in [5.74, 6) is -0.00421.